The van der Waals surface area contributed by atoms with Crippen LogP contribution >= 0.6 is 0 Å². The van der Waals surface area contributed by atoms with Crippen LogP contribution in [-0.4, -0.2) is 53.3 Å². The van der Waals surface area contributed by atoms with Gasteiger partial charge in [0.1, 0.15) is 12.4 Å². The molecule has 1 aromatic carbocycles. The number of rotatable bonds is 5. The summed E-state index contributed by atoms with van der Waals surface area (Å²) in [5, 5.41) is 6.51. The van der Waals surface area contributed by atoms with Crippen LogP contribution in [0, 0.1) is 5.82 Å². The Labute approximate surface area is 155 Å². The summed E-state index contributed by atoms with van der Waals surface area (Å²) in [5.74, 6) is -0.0700. The summed E-state index contributed by atoms with van der Waals surface area (Å²) in [5.41, 5.74) is 0.659. The molecule has 1 aliphatic rings. The fourth-order valence-corrected chi connectivity index (χ4v) is 2.95. The predicted octanol–water partition coefficient (Wildman–Crippen LogP) is 2.33. The van der Waals surface area contributed by atoms with Gasteiger partial charge in [-0.2, -0.15) is 4.98 Å². The Morgan fingerprint density at radius 1 is 1.37 bits per heavy atom. The maximum atomic E-state index is 13.0. The molecule has 0 spiro atoms. The van der Waals surface area contributed by atoms with Crippen LogP contribution in [-0.2, 0) is 9.53 Å². The Balaban J connectivity index is 1.60. The Morgan fingerprint density at radius 2 is 2.15 bits per heavy atom. The van der Waals surface area contributed by atoms with E-state index in [9.17, 15) is 14.0 Å². The van der Waals surface area contributed by atoms with Crippen molar-refractivity contribution in [2.45, 2.75) is 25.7 Å². The summed E-state index contributed by atoms with van der Waals surface area (Å²) < 4.78 is 23.2. The average Bonchev–Trinajstić information content (AvgIpc) is 3.17. The number of urea groups is 1. The van der Waals surface area contributed by atoms with Gasteiger partial charge < -0.3 is 19.5 Å². The first kappa shape index (κ1) is 18.8. The predicted molar refractivity (Wildman–Crippen MR) is 93.3 cm³/mol. The number of hydrogen-bond acceptors (Lipinski definition) is 6. The second-order valence-electron chi connectivity index (χ2n) is 6.21. The molecule has 1 unspecified atom stereocenters. The molecular formula is C18H21FN4O4. The smallest absolute Gasteiger partial charge is 0.325 e. The number of carbonyl (C=O) groups excluding carboxylic acids is 2. The van der Waals surface area contributed by atoms with Crippen LogP contribution in [0.3, 0.4) is 0 Å². The second-order valence-corrected chi connectivity index (χ2v) is 6.21. The molecule has 1 aromatic heterocycles. The highest BCUT2D eigenvalue weighted by Crippen LogP contribution is 2.27. The minimum atomic E-state index is -0.472. The van der Waals surface area contributed by atoms with Crippen molar-refractivity contribution in [3.63, 3.8) is 0 Å². The molecule has 144 valence electrons. The lowest BCUT2D eigenvalue weighted by Gasteiger charge is -2.30. The van der Waals surface area contributed by atoms with Crippen molar-refractivity contribution < 1.29 is 23.2 Å². The molecule has 0 aliphatic carbocycles. The van der Waals surface area contributed by atoms with Crippen LogP contribution in [0.15, 0.2) is 28.8 Å². The number of benzene rings is 1. The minimum absolute atomic E-state index is 0.0891. The van der Waals surface area contributed by atoms with Gasteiger partial charge in [-0.1, -0.05) is 5.16 Å². The largest absolute Gasteiger partial charge is 0.465 e. The Bertz CT molecular complexity index is 793. The molecule has 0 saturated carbocycles. The first-order valence-corrected chi connectivity index (χ1v) is 8.84. The zero-order valence-corrected chi connectivity index (χ0v) is 15.0. The average molecular weight is 376 g/mol. The minimum Gasteiger partial charge on any atom is -0.465 e. The lowest BCUT2D eigenvalue weighted by molar-refractivity contribution is -0.141. The fraction of sp³-hybridized carbons (Fsp3) is 0.444. The number of nitrogens with zero attached hydrogens (tertiary/aromatic N) is 3. The van der Waals surface area contributed by atoms with Gasteiger partial charge in [-0.3, -0.25) is 4.79 Å². The van der Waals surface area contributed by atoms with Gasteiger partial charge in [0.15, 0.2) is 0 Å². The molecule has 9 heteroatoms. The van der Waals surface area contributed by atoms with Crippen molar-refractivity contribution in [2.75, 3.05) is 26.2 Å². The SMILES string of the molecule is CCOC(=O)CNC(=O)N1CCCC(c2nc(-c3ccc(F)cc3)no2)C1. The molecule has 8 nitrogen and oxygen atoms in total. The Morgan fingerprint density at radius 3 is 2.89 bits per heavy atom. The van der Waals surface area contributed by atoms with Crippen LogP contribution < -0.4 is 5.32 Å². The summed E-state index contributed by atoms with van der Waals surface area (Å²) in [6, 6.07) is 5.51. The van der Waals surface area contributed by atoms with Crippen molar-refractivity contribution in [1.82, 2.24) is 20.4 Å². The Kier molecular flexibility index (Phi) is 6.00. The number of halogens is 1. The van der Waals surface area contributed by atoms with Gasteiger partial charge in [-0.05, 0) is 44.0 Å². The first-order chi connectivity index (χ1) is 13.1. The van der Waals surface area contributed by atoms with E-state index in [2.05, 4.69) is 15.5 Å². The molecule has 1 fully saturated rings. The van der Waals surface area contributed by atoms with Crippen molar-refractivity contribution in [2.24, 2.45) is 0 Å². The number of amides is 2. The third-order valence-corrected chi connectivity index (χ3v) is 4.29. The first-order valence-electron chi connectivity index (χ1n) is 8.84. The number of piperidine rings is 1. The maximum absolute atomic E-state index is 13.0. The molecule has 0 radical (unpaired) electrons. The van der Waals surface area contributed by atoms with Crippen LogP contribution in [0.1, 0.15) is 31.6 Å². The maximum Gasteiger partial charge on any atom is 0.325 e. The van der Waals surface area contributed by atoms with E-state index in [0.717, 1.165) is 12.8 Å². The van der Waals surface area contributed by atoms with E-state index >= 15 is 0 Å². The highest BCUT2D eigenvalue weighted by molar-refractivity contribution is 5.80. The topological polar surface area (TPSA) is 97.6 Å². The van der Waals surface area contributed by atoms with Crippen LogP contribution in [0.2, 0.25) is 0 Å². The van der Waals surface area contributed by atoms with E-state index in [4.69, 9.17) is 9.26 Å². The normalized spacial score (nSPS) is 16.8. The van der Waals surface area contributed by atoms with Gasteiger partial charge >= 0.3 is 12.0 Å². The standard InChI is InChI=1S/C18H21FN4O4/c1-2-26-15(24)10-20-18(25)23-9-3-4-13(11-23)17-21-16(22-27-17)12-5-7-14(19)8-6-12/h5-8,13H,2-4,9-11H2,1H3,(H,20,25). The number of likely N-dealkylation sites (tertiary alicyclic amines) is 1. The van der Waals surface area contributed by atoms with Gasteiger partial charge in [-0.25, -0.2) is 9.18 Å². The molecule has 1 N–H and O–H groups in total. The molecule has 1 aliphatic heterocycles. The number of nitrogens with one attached hydrogen (secondary N) is 1. The summed E-state index contributed by atoms with van der Waals surface area (Å²) in [6.07, 6.45) is 1.60. The summed E-state index contributed by atoms with van der Waals surface area (Å²) in [6.45, 7) is 2.82. The molecule has 2 heterocycles. The van der Waals surface area contributed by atoms with Crippen molar-refractivity contribution >= 4 is 12.0 Å². The van der Waals surface area contributed by atoms with Crippen molar-refractivity contribution in [3.8, 4) is 11.4 Å². The molecule has 0 bridgehead atoms. The summed E-state index contributed by atoms with van der Waals surface area (Å²) in [4.78, 5) is 29.6. The third-order valence-electron chi connectivity index (χ3n) is 4.29. The second kappa shape index (κ2) is 8.61. The van der Waals surface area contributed by atoms with E-state index in [1.807, 2.05) is 0 Å². The van der Waals surface area contributed by atoms with E-state index in [1.165, 1.54) is 12.1 Å². The molecule has 1 saturated heterocycles. The molecular weight excluding hydrogens is 355 g/mol. The monoisotopic (exact) mass is 376 g/mol. The highest BCUT2D eigenvalue weighted by Gasteiger charge is 2.29. The highest BCUT2D eigenvalue weighted by atomic mass is 19.1. The van der Waals surface area contributed by atoms with E-state index in [1.54, 1.807) is 24.0 Å². The summed E-state index contributed by atoms with van der Waals surface area (Å²) in [7, 11) is 0. The van der Waals surface area contributed by atoms with E-state index in [-0.39, 0.29) is 30.9 Å². The zero-order chi connectivity index (χ0) is 19.2. The lowest BCUT2D eigenvalue weighted by atomic mass is 9.98. The number of carbonyl (C=O) groups is 2. The number of ether oxygens (including phenoxy) is 1. The lowest BCUT2D eigenvalue weighted by Crippen LogP contribution is -2.46. The third kappa shape index (κ3) is 4.81. The molecule has 27 heavy (non-hydrogen) atoms. The number of aromatic nitrogens is 2. The van der Waals surface area contributed by atoms with Crippen LogP contribution in [0.25, 0.3) is 11.4 Å². The molecule has 2 aromatic rings. The Hall–Kier alpha value is -2.97. The van der Waals surface area contributed by atoms with Crippen molar-refractivity contribution in [3.05, 3.63) is 36.0 Å². The van der Waals surface area contributed by atoms with Crippen molar-refractivity contribution in [1.29, 1.82) is 0 Å². The van der Waals surface area contributed by atoms with E-state index < -0.39 is 5.97 Å². The summed E-state index contributed by atoms with van der Waals surface area (Å²) >= 11 is 0. The van der Waals surface area contributed by atoms with Gasteiger partial charge in [-0.15, -0.1) is 0 Å². The number of hydrogen-bond donors (Lipinski definition) is 1. The quantitative estimate of drug-likeness (QED) is 0.805. The zero-order valence-electron chi connectivity index (χ0n) is 15.0. The van der Waals surface area contributed by atoms with Gasteiger partial charge in [0.05, 0.1) is 12.5 Å². The fourth-order valence-electron chi connectivity index (χ4n) is 2.95. The van der Waals surface area contributed by atoms with Crippen LogP contribution in [0.4, 0.5) is 9.18 Å². The van der Waals surface area contributed by atoms with Gasteiger partial charge in [0, 0.05) is 18.7 Å². The molecule has 3 rings (SSSR count). The van der Waals surface area contributed by atoms with Crippen LogP contribution in [0.5, 0.6) is 0 Å². The number of esters is 1. The van der Waals surface area contributed by atoms with Gasteiger partial charge in [0.2, 0.25) is 11.7 Å². The molecule has 2 amide bonds. The molecule has 1 atom stereocenters. The van der Waals surface area contributed by atoms with Gasteiger partial charge in [0.25, 0.3) is 0 Å². The van der Waals surface area contributed by atoms with E-state index in [0.29, 0.717) is 30.4 Å².